The van der Waals surface area contributed by atoms with Crippen molar-refractivity contribution in [1.29, 1.82) is 0 Å². The minimum absolute atomic E-state index is 0.0461. The summed E-state index contributed by atoms with van der Waals surface area (Å²) in [6.45, 7) is 3.61. The molecule has 0 saturated carbocycles. The number of halogens is 1. The first-order valence-corrected chi connectivity index (χ1v) is 6.58. The lowest BCUT2D eigenvalue weighted by molar-refractivity contribution is 0.0524. The van der Waals surface area contributed by atoms with Crippen molar-refractivity contribution in [1.82, 2.24) is 9.78 Å². The van der Waals surface area contributed by atoms with Gasteiger partial charge in [0, 0.05) is 10.2 Å². The summed E-state index contributed by atoms with van der Waals surface area (Å²) in [5, 5.41) is 2.88. The zero-order chi connectivity index (χ0) is 14.0. The number of nitrogens with zero attached hydrogens (tertiary/aromatic N) is 1. The van der Waals surface area contributed by atoms with Crippen LogP contribution in [0.2, 0.25) is 0 Å². The van der Waals surface area contributed by atoms with Gasteiger partial charge in [-0.25, -0.2) is 9.48 Å². The van der Waals surface area contributed by atoms with Gasteiger partial charge >= 0.3 is 5.97 Å². The van der Waals surface area contributed by atoms with Gasteiger partial charge in [0.15, 0.2) is 0 Å². The summed E-state index contributed by atoms with van der Waals surface area (Å²) in [7, 11) is 0. The lowest BCUT2D eigenvalue weighted by Crippen LogP contribution is -2.21. The molecule has 2 aromatic rings. The van der Waals surface area contributed by atoms with Crippen LogP contribution in [0, 0.1) is 6.92 Å². The quantitative estimate of drug-likeness (QED) is 0.882. The van der Waals surface area contributed by atoms with Crippen molar-refractivity contribution < 1.29 is 9.53 Å². The van der Waals surface area contributed by atoms with Crippen LogP contribution in [0.4, 0.5) is 0 Å². The van der Waals surface area contributed by atoms with E-state index in [0.717, 1.165) is 4.47 Å². The Labute approximate surface area is 118 Å². The number of nitrogens with one attached hydrogen (secondary N) is 1. The fourth-order valence-electron chi connectivity index (χ4n) is 1.76. The van der Waals surface area contributed by atoms with Crippen LogP contribution in [0.15, 0.2) is 33.5 Å². The van der Waals surface area contributed by atoms with E-state index in [2.05, 4.69) is 21.0 Å². The standard InChI is InChI=1S/C13H13BrN2O3/c1-3-19-13(18)11-8(2)15-16(12(11)17)10-6-4-9(14)5-7-10/h4-7,15H,3H2,1-2H3. The molecule has 19 heavy (non-hydrogen) atoms. The minimum Gasteiger partial charge on any atom is -0.462 e. The molecule has 0 radical (unpaired) electrons. The molecule has 100 valence electrons. The zero-order valence-corrected chi connectivity index (χ0v) is 12.2. The summed E-state index contributed by atoms with van der Waals surface area (Å²) in [6, 6.07) is 7.19. The predicted octanol–water partition coefficient (Wildman–Crippen LogP) is 2.41. The number of aromatic amines is 1. The number of hydrogen-bond donors (Lipinski definition) is 1. The molecule has 0 atom stereocenters. The molecule has 1 aromatic heterocycles. The maximum atomic E-state index is 12.2. The second-order valence-electron chi connectivity index (χ2n) is 3.95. The molecule has 0 aliphatic rings. The third-order valence-electron chi connectivity index (χ3n) is 2.64. The second kappa shape index (κ2) is 5.44. The van der Waals surface area contributed by atoms with Crippen LogP contribution >= 0.6 is 15.9 Å². The Hall–Kier alpha value is -1.82. The molecule has 0 aliphatic carbocycles. The fourth-order valence-corrected chi connectivity index (χ4v) is 2.03. The highest BCUT2D eigenvalue weighted by Gasteiger charge is 2.20. The molecule has 0 spiro atoms. The van der Waals surface area contributed by atoms with Crippen LogP contribution in [0.1, 0.15) is 23.0 Å². The summed E-state index contributed by atoms with van der Waals surface area (Å²) >= 11 is 3.33. The van der Waals surface area contributed by atoms with Gasteiger partial charge in [0.1, 0.15) is 5.56 Å². The van der Waals surface area contributed by atoms with Gasteiger partial charge in [0.2, 0.25) is 0 Å². The van der Waals surface area contributed by atoms with E-state index in [4.69, 9.17) is 4.74 Å². The average Bonchev–Trinajstić information content (AvgIpc) is 2.66. The summed E-state index contributed by atoms with van der Waals surface area (Å²) in [4.78, 5) is 23.9. The largest absolute Gasteiger partial charge is 0.462 e. The van der Waals surface area contributed by atoms with E-state index in [1.807, 2.05) is 12.1 Å². The zero-order valence-electron chi connectivity index (χ0n) is 10.6. The number of aromatic nitrogens is 2. The van der Waals surface area contributed by atoms with E-state index in [-0.39, 0.29) is 12.2 Å². The van der Waals surface area contributed by atoms with Crippen LogP contribution in [-0.2, 0) is 4.74 Å². The molecule has 1 aromatic carbocycles. The SMILES string of the molecule is CCOC(=O)c1c(C)[nH]n(-c2ccc(Br)cc2)c1=O. The maximum absolute atomic E-state index is 12.2. The third kappa shape index (κ3) is 2.63. The lowest BCUT2D eigenvalue weighted by Gasteiger charge is -2.01. The normalized spacial score (nSPS) is 10.5. The van der Waals surface area contributed by atoms with Gasteiger partial charge in [-0.05, 0) is 38.1 Å². The first-order chi connectivity index (χ1) is 9.04. The molecule has 1 N–H and O–H groups in total. The van der Waals surface area contributed by atoms with Crippen molar-refractivity contribution >= 4 is 21.9 Å². The van der Waals surface area contributed by atoms with Crippen molar-refractivity contribution in [3.05, 3.63) is 50.3 Å². The second-order valence-corrected chi connectivity index (χ2v) is 4.86. The Bertz CT molecular complexity index is 656. The Morgan fingerprint density at radius 1 is 1.37 bits per heavy atom. The number of hydrogen-bond acceptors (Lipinski definition) is 3. The molecule has 6 heteroatoms. The average molecular weight is 325 g/mol. The van der Waals surface area contributed by atoms with Gasteiger partial charge in [0.05, 0.1) is 12.3 Å². The summed E-state index contributed by atoms with van der Waals surface area (Å²) in [6.07, 6.45) is 0. The number of H-pyrrole nitrogens is 1. The van der Waals surface area contributed by atoms with Gasteiger partial charge in [-0.3, -0.25) is 9.89 Å². The summed E-state index contributed by atoms with van der Waals surface area (Å²) < 4.78 is 7.12. The molecule has 0 unspecified atom stereocenters. The molecule has 5 nitrogen and oxygen atoms in total. The molecule has 0 fully saturated rings. The number of ether oxygens (including phenoxy) is 1. The summed E-state index contributed by atoms with van der Waals surface area (Å²) in [5.74, 6) is -0.600. The molecule has 0 aliphatic heterocycles. The number of esters is 1. The van der Waals surface area contributed by atoms with Crippen LogP contribution in [0.5, 0.6) is 0 Å². The molecule has 1 heterocycles. The van der Waals surface area contributed by atoms with Crippen molar-refractivity contribution in [2.75, 3.05) is 6.61 Å². The van der Waals surface area contributed by atoms with E-state index in [1.165, 1.54) is 4.68 Å². The molecular weight excluding hydrogens is 312 g/mol. The Morgan fingerprint density at radius 2 is 2.00 bits per heavy atom. The predicted molar refractivity (Wildman–Crippen MR) is 74.8 cm³/mol. The van der Waals surface area contributed by atoms with Crippen molar-refractivity contribution in [2.24, 2.45) is 0 Å². The highest BCUT2D eigenvalue weighted by molar-refractivity contribution is 9.10. The van der Waals surface area contributed by atoms with Crippen LogP contribution in [0.25, 0.3) is 5.69 Å². The van der Waals surface area contributed by atoms with Crippen molar-refractivity contribution in [3.8, 4) is 5.69 Å². The van der Waals surface area contributed by atoms with Crippen molar-refractivity contribution in [3.63, 3.8) is 0 Å². The fraction of sp³-hybridized carbons (Fsp3) is 0.231. The van der Waals surface area contributed by atoms with Crippen LogP contribution in [0.3, 0.4) is 0 Å². The number of rotatable bonds is 3. The highest BCUT2D eigenvalue weighted by atomic mass is 79.9. The topological polar surface area (TPSA) is 64.1 Å². The molecule has 0 amide bonds. The molecule has 0 bridgehead atoms. The number of benzene rings is 1. The van der Waals surface area contributed by atoms with Crippen molar-refractivity contribution in [2.45, 2.75) is 13.8 Å². The Balaban J connectivity index is 2.50. The van der Waals surface area contributed by atoms with E-state index in [0.29, 0.717) is 11.4 Å². The third-order valence-corrected chi connectivity index (χ3v) is 3.16. The van der Waals surface area contributed by atoms with Gasteiger partial charge in [-0.2, -0.15) is 0 Å². The molecular formula is C13H13BrN2O3. The number of aryl methyl sites for hydroxylation is 1. The van der Waals surface area contributed by atoms with Gasteiger partial charge < -0.3 is 4.74 Å². The Kier molecular flexibility index (Phi) is 3.90. The van der Waals surface area contributed by atoms with Crippen LogP contribution < -0.4 is 5.56 Å². The van der Waals surface area contributed by atoms with Gasteiger partial charge in [-0.1, -0.05) is 15.9 Å². The first-order valence-electron chi connectivity index (χ1n) is 5.79. The van der Waals surface area contributed by atoms with E-state index in [1.54, 1.807) is 26.0 Å². The lowest BCUT2D eigenvalue weighted by atomic mass is 10.2. The summed E-state index contributed by atoms with van der Waals surface area (Å²) in [5.41, 5.74) is 0.793. The minimum atomic E-state index is -0.600. The van der Waals surface area contributed by atoms with E-state index < -0.39 is 11.5 Å². The first kappa shape index (κ1) is 13.6. The van der Waals surface area contributed by atoms with E-state index in [9.17, 15) is 9.59 Å². The number of carbonyl (C=O) groups excluding carboxylic acids is 1. The molecule has 2 rings (SSSR count). The molecule has 0 saturated heterocycles. The van der Waals surface area contributed by atoms with Gasteiger partial charge in [0.25, 0.3) is 5.56 Å². The Morgan fingerprint density at radius 3 is 2.58 bits per heavy atom. The monoisotopic (exact) mass is 324 g/mol. The number of carbonyl (C=O) groups is 1. The van der Waals surface area contributed by atoms with Crippen LogP contribution in [-0.4, -0.2) is 22.4 Å². The maximum Gasteiger partial charge on any atom is 0.345 e. The van der Waals surface area contributed by atoms with E-state index >= 15 is 0 Å². The smallest absolute Gasteiger partial charge is 0.345 e. The highest BCUT2D eigenvalue weighted by Crippen LogP contribution is 2.13. The van der Waals surface area contributed by atoms with Gasteiger partial charge in [-0.15, -0.1) is 0 Å².